The normalized spacial score (nSPS) is 12.0. The molecule has 18 heavy (non-hydrogen) atoms. The summed E-state index contributed by atoms with van der Waals surface area (Å²) in [5.74, 6) is -3.64. The Balaban J connectivity index is 2.82. The second-order valence-electron chi connectivity index (χ2n) is 3.77. The van der Waals surface area contributed by atoms with Crippen molar-refractivity contribution < 1.29 is 23.5 Å². The molecule has 0 bridgehead atoms. The summed E-state index contributed by atoms with van der Waals surface area (Å²) >= 11 is 0. The summed E-state index contributed by atoms with van der Waals surface area (Å²) in [5.41, 5.74) is 5.00. The van der Waals surface area contributed by atoms with Crippen molar-refractivity contribution in [3.05, 3.63) is 29.3 Å². The Hall–Kier alpha value is -2.02. The number of aliphatic carboxylic acids is 1. The first kappa shape index (κ1) is 14.0. The van der Waals surface area contributed by atoms with Gasteiger partial charge in [0, 0.05) is 6.07 Å². The lowest BCUT2D eigenvalue weighted by Crippen LogP contribution is -2.37. The molecule has 7 heteroatoms. The van der Waals surface area contributed by atoms with E-state index in [1.54, 1.807) is 0 Å². The van der Waals surface area contributed by atoms with E-state index < -0.39 is 36.0 Å². The van der Waals surface area contributed by atoms with Gasteiger partial charge >= 0.3 is 5.97 Å². The Morgan fingerprint density at radius 2 is 2.00 bits per heavy atom. The maximum atomic E-state index is 13.4. The molecule has 0 spiro atoms. The summed E-state index contributed by atoms with van der Waals surface area (Å²) < 4.78 is 26.6. The van der Waals surface area contributed by atoms with E-state index in [-0.39, 0.29) is 11.3 Å². The van der Waals surface area contributed by atoms with E-state index in [2.05, 4.69) is 0 Å². The third kappa shape index (κ3) is 3.49. The Morgan fingerprint density at radius 3 is 2.56 bits per heavy atom. The van der Waals surface area contributed by atoms with Gasteiger partial charge in [0.05, 0.1) is 18.2 Å². The zero-order valence-corrected chi connectivity index (χ0v) is 9.54. The zero-order chi connectivity index (χ0) is 13.9. The van der Waals surface area contributed by atoms with Crippen molar-refractivity contribution in [2.24, 2.45) is 5.73 Å². The number of carbonyl (C=O) groups excluding carboxylic acids is 1. The third-order valence-corrected chi connectivity index (χ3v) is 2.24. The smallest absolute Gasteiger partial charge is 0.305 e. The Bertz CT molecular complexity index is 491. The first-order chi connectivity index (χ1) is 8.31. The number of hydrogen-bond acceptors (Lipinski definition) is 3. The van der Waals surface area contributed by atoms with Crippen LogP contribution in [0.4, 0.5) is 14.5 Å². The van der Waals surface area contributed by atoms with Gasteiger partial charge in [0.1, 0.15) is 11.6 Å². The molecule has 1 aromatic carbocycles. The van der Waals surface area contributed by atoms with E-state index in [1.165, 1.54) is 6.92 Å². The Kier molecular flexibility index (Phi) is 4.33. The van der Waals surface area contributed by atoms with E-state index in [1.807, 2.05) is 5.32 Å². The number of nitrogens with two attached hydrogens (primary N) is 1. The number of carboxylic acids is 1. The minimum absolute atomic E-state index is 0.0975. The highest BCUT2D eigenvalue weighted by molar-refractivity contribution is 5.96. The molecule has 0 aliphatic heterocycles. The highest BCUT2D eigenvalue weighted by Gasteiger charge is 2.19. The molecule has 0 fully saturated rings. The van der Waals surface area contributed by atoms with E-state index >= 15 is 0 Å². The second kappa shape index (κ2) is 5.54. The summed E-state index contributed by atoms with van der Waals surface area (Å²) in [5, 5.41) is 10.5. The van der Waals surface area contributed by atoms with Crippen LogP contribution in [0.2, 0.25) is 0 Å². The average Bonchev–Trinajstić information content (AvgIpc) is 2.24. The first-order valence-electron chi connectivity index (χ1n) is 5.05. The fourth-order valence-electron chi connectivity index (χ4n) is 1.25. The van der Waals surface area contributed by atoms with Crippen molar-refractivity contribution in [3.63, 3.8) is 0 Å². The van der Waals surface area contributed by atoms with E-state index in [4.69, 9.17) is 10.8 Å². The standard InChI is InChI=1S/C11H12F2N2O3/c1-5-2-7(13)9(3-6(5)12)15-11(18)8(14)4-10(16)17/h2-3,8H,4,14H2,1H3,(H,15,18)(H,16,17). The molecule has 1 atom stereocenters. The van der Waals surface area contributed by atoms with Gasteiger partial charge in [-0.1, -0.05) is 0 Å². The highest BCUT2D eigenvalue weighted by atomic mass is 19.1. The molecule has 1 rings (SSSR count). The topological polar surface area (TPSA) is 92.4 Å². The van der Waals surface area contributed by atoms with Crippen molar-refractivity contribution in [1.29, 1.82) is 0 Å². The molecule has 0 aliphatic carbocycles. The fraction of sp³-hybridized carbons (Fsp3) is 0.273. The van der Waals surface area contributed by atoms with Crippen LogP contribution in [0.15, 0.2) is 12.1 Å². The van der Waals surface area contributed by atoms with Crippen molar-refractivity contribution >= 4 is 17.6 Å². The van der Waals surface area contributed by atoms with Crippen LogP contribution in [0.1, 0.15) is 12.0 Å². The van der Waals surface area contributed by atoms with Crippen LogP contribution in [0.3, 0.4) is 0 Å². The van der Waals surface area contributed by atoms with Gasteiger partial charge in [0.15, 0.2) is 0 Å². The number of amides is 1. The predicted octanol–water partition coefficient (Wildman–Crippen LogP) is 1.01. The summed E-state index contributed by atoms with van der Waals surface area (Å²) in [7, 11) is 0. The van der Waals surface area contributed by atoms with E-state index in [0.29, 0.717) is 0 Å². The lowest BCUT2D eigenvalue weighted by Gasteiger charge is -2.11. The molecule has 1 amide bonds. The Labute approximate surface area is 102 Å². The van der Waals surface area contributed by atoms with Crippen molar-refractivity contribution in [1.82, 2.24) is 0 Å². The van der Waals surface area contributed by atoms with Gasteiger partial charge in [0.2, 0.25) is 5.91 Å². The van der Waals surface area contributed by atoms with Crippen LogP contribution in [-0.2, 0) is 9.59 Å². The van der Waals surface area contributed by atoms with Crippen molar-refractivity contribution in [2.45, 2.75) is 19.4 Å². The van der Waals surface area contributed by atoms with Crippen molar-refractivity contribution in [2.75, 3.05) is 5.32 Å². The number of carboxylic acid groups (broad SMARTS) is 1. The lowest BCUT2D eigenvalue weighted by molar-refractivity contribution is -0.138. The molecular formula is C11H12F2N2O3. The second-order valence-corrected chi connectivity index (χ2v) is 3.77. The molecule has 5 nitrogen and oxygen atoms in total. The molecule has 0 saturated carbocycles. The molecule has 1 unspecified atom stereocenters. The van der Waals surface area contributed by atoms with Gasteiger partial charge in [-0.15, -0.1) is 0 Å². The number of aryl methyl sites for hydroxylation is 1. The molecule has 98 valence electrons. The van der Waals surface area contributed by atoms with Crippen LogP contribution in [0.5, 0.6) is 0 Å². The van der Waals surface area contributed by atoms with Gasteiger partial charge in [-0.3, -0.25) is 9.59 Å². The van der Waals surface area contributed by atoms with Gasteiger partial charge in [-0.25, -0.2) is 8.78 Å². The van der Waals surface area contributed by atoms with E-state index in [0.717, 1.165) is 12.1 Å². The summed E-state index contributed by atoms with van der Waals surface area (Å²) in [6, 6.07) is 0.412. The first-order valence-corrected chi connectivity index (χ1v) is 5.05. The van der Waals surface area contributed by atoms with Crippen LogP contribution in [0.25, 0.3) is 0 Å². The molecule has 4 N–H and O–H groups in total. The molecular weight excluding hydrogens is 246 g/mol. The maximum absolute atomic E-state index is 13.4. The number of halogens is 2. The van der Waals surface area contributed by atoms with Gasteiger partial charge in [-0.2, -0.15) is 0 Å². The Morgan fingerprint density at radius 1 is 1.39 bits per heavy atom. The van der Waals surface area contributed by atoms with Gasteiger partial charge < -0.3 is 16.2 Å². The molecule has 0 saturated heterocycles. The van der Waals surface area contributed by atoms with Crippen LogP contribution < -0.4 is 11.1 Å². The summed E-state index contributed by atoms with van der Waals surface area (Å²) in [6.07, 6.45) is -0.595. The number of nitrogens with one attached hydrogen (secondary N) is 1. The maximum Gasteiger partial charge on any atom is 0.305 e. The predicted molar refractivity (Wildman–Crippen MR) is 60.0 cm³/mol. The molecule has 0 aromatic heterocycles. The van der Waals surface area contributed by atoms with Gasteiger partial charge in [-0.05, 0) is 18.6 Å². The SMILES string of the molecule is Cc1cc(F)c(NC(=O)C(N)CC(=O)O)cc1F. The quantitative estimate of drug-likeness (QED) is 0.751. The van der Waals surface area contributed by atoms with E-state index in [9.17, 15) is 18.4 Å². The van der Waals surface area contributed by atoms with Crippen LogP contribution in [-0.4, -0.2) is 23.0 Å². The number of hydrogen-bond donors (Lipinski definition) is 3. The molecule has 0 heterocycles. The van der Waals surface area contributed by atoms with Gasteiger partial charge in [0.25, 0.3) is 0 Å². The number of benzene rings is 1. The summed E-state index contributed by atoms with van der Waals surface area (Å²) in [6.45, 7) is 1.38. The minimum Gasteiger partial charge on any atom is -0.481 e. The largest absolute Gasteiger partial charge is 0.481 e. The van der Waals surface area contributed by atoms with Crippen molar-refractivity contribution in [3.8, 4) is 0 Å². The number of carbonyl (C=O) groups is 2. The van der Waals surface area contributed by atoms with Crippen LogP contribution >= 0.6 is 0 Å². The average molecular weight is 258 g/mol. The number of rotatable bonds is 4. The third-order valence-electron chi connectivity index (χ3n) is 2.24. The lowest BCUT2D eigenvalue weighted by atomic mass is 10.1. The highest BCUT2D eigenvalue weighted by Crippen LogP contribution is 2.18. The number of anilines is 1. The molecule has 1 aromatic rings. The fourth-order valence-corrected chi connectivity index (χ4v) is 1.25. The molecule has 0 aliphatic rings. The van der Waals surface area contributed by atoms with Crippen LogP contribution in [0, 0.1) is 18.6 Å². The monoisotopic (exact) mass is 258 g/mol. The zero-order valence-electron chi connectivity index (χ0n) is 9.54. The minimum atomic E-state index is -1.33. The summed E-state index contributed by atoms with van der Waals surface area (Å²) in [4.78, 5) is 21.7. The molecule has 0 radical (unpaired) electrons.